The number of aryl methyl sites for hydroxylation is 3. The van der Waals surface area contributed by atoms with Crippen molar-refractivity contribution in [3.05, 3.63) is 57.3 Å². The molecule has 0 radical (unpaired) electrons. The van der Waals surface area contributed by atoms with Crippen LogP contribution in [0.25, 0.3) is 0 Å². The number of benzene rings is 2. The standard InChI is InChI=1S/C15H15BrFNO2S/c1-9-6-11(3)15(13(16)7-9)18-21(19,20)14-5-4-12(17)8-10(14)2/h4-8,18H,1-3H3. The number of anilines is 1. The van der Waals surface area contributed by atoms with Gasteiger partial charge in [0.2, 0.25) is 0 Å². The van der Waals surface area contributed by atoms with Crippen LogP contribution in [0.3, 0.4) is 0 Å². The van der Waals surface area contributed by atoms with Crippen LogP contribution >= 0.6 is 15.9 Å². The van der Waals surface area contributed by atoms with E-state index < -0.39 is 15.8 Å². The predicted octanol–water partition coefficient (Wildman–Crippen LogP) is 4.31. The lowest BCUT2D eigenvalue weighted by Crippen LogP contribution is -2.15. The third-order valence-electron chi connectivity index (χ3n) is 3.09. The van der Waals surface area contributed by atoms with Crippen molar-refractivity contribution >= 4 is 31.6 Å². The summed E-state index contributed by atoms with van der Waals surface area (Å²) < 4.78 is 41.3. The highest BCUT2D eigenvalue weighted by molar-refractivity contribution is 9.10. The lowest BCUT2D eigenvalue weighted by Gasteiger charge is -2.14. The molecule has 0 bridgehead atoms. The molecule has 0 aliphatic carbocycles. The molecular formula is C15H15BrFNO2S. The zero-order valence-corrected chi connectivity index (χ0v) is 14.3. The first kappa shape index (κ1) is 16.0. The van der Waals surface area contributed by atoms with E-state index in [0.717, 1.165) is 17.2 Å². The Morgan fingerprint density at radius 1 is 1.05 bits per heavy atom. The fourth-order valence-electron chi connectivity index (χ4n) is 2.15. The Morgan fingerprint density at radius 3 is 2.29 bits per heavy atom. The zero-order valence-electron chi connectivity index (χ0n) is 11.9. The van der Waals surface area contributed by atoms with Crippen LogP contribution in [-0.2, 0) is 10.0 Å². The Morgan fingerprint density at radius 2 is 1.71 bits per heavy atom. The number of rotatable bonds is 3. The zero-order chi connectivity index (χ0) is 15.8. The van der Waals surface area contributed by atoms with E-state index in [1.165, 1.54) is 12.1 Å². The van der Waals surface area contributed by atoms with Crippen molar-refractivity contribution in [1.82, 2.24) is 0 Å². The van der Waals surface area contributed by atoms with Gasteiger partial charge in [-0.1, -0.05) is 6.07 Å². The molecule has 112 valence electrons. The SMILES string of the molecule is Cc1cc(C)c(NS(=O)(=O)c2ccc(F)cc2C)c(Br)c1. The van der Waals surface area contributed by atoms with Crippen LogP contribution in [0.4, 0.5) is 10.1 Å². The molecule has 0 saturated heterocycles. The molecule has 0 heterocycles. The summed E-state index contributed by atoms with van der Waals surface area (Å²) in [4.78, 5) is 0.0655. The van der Waals surface area contributed by atoms with Crippen molar-refractivity contribution in [2.24, 2.45) is 0 Å². The van der Waals surface area contributed by atoms with E-state index in [9.17, 15) is 12.8 Å². The number of sulfonamides is 1. The third kappa shape index (κ3) is 3.44. The maximum Gasteiger partial charge on any atom is 0.262 e. The van der Waals surface area contributed by atoms with E-state index in [4.69, 9.17) is 0 Å². The Kier molecular flexibility index (Phi) is 4.39. The van der Waals surface area contributed by atoms with Gasteiger partial charge in [0.25, 0.3) is 10.0 Å². The molecular weight excluding hydrogens is 357 g/mol. The van der Waals surface area contributed by atoms with Crippen molar-refractivity contribution in [3.8, 4) is 0 Å². The van der Waals surface area contributed by atoms with Gasteiger partial charge in [-0.3, -0.25) is 4.72 Å². The maximum absolute atomic E-state index is 13.1. The highest BCUT2D eigenvalue weighted by atomic mass is 79.9. The van der Waals surface area contributed by atoms with Gasteiger partial charge in [-0.2, -0.15) is 0 Å². The van der Waals surface area contributed by atoms with Crippen molar-refractivity contribution < 1.29 is 12.8 Å². The Hall–Kier alpha value is -1.40. The van der Waals surface area contributed by atoms with Gasteiger partial charge in [0.15, 0.2) is 0 Å². The van der Waals surface area contributed by atoms with Crippen LogP contribution in [0, 0.1) is 26.6 Å². The molecule has 1 N–H and O–H groups in total. The van der Waals surface area contributed by atoms with Crippen LogP contribution in [0.2, 0.25) is 0 Å². The fourth-order valence-corrected chi connectivity index (χ4v) is 4.43. The van der Waals surface area contributed by atoms with E-state index in [1.807, 2.05) is 26.0 Å². The average molecular weight is 372 g/mol. The molecule has 6 heteroatoms. The normalized spacial score (nSPS) is 11.5. The summed E-state index contributed by atoms with van der Waals surface area (Å²) >= 11 is 3.37. The van der Waals surface area contributed by atoms with Gasteiger partial charge in [-0.15, -0.1) is 0 Å². The predicted molar refractivity (Wildman–Crippen MR) is 85.6 cm³/mol. The second-order valence-electron chi connectivity index (χ2n) is 4.95. The van der Waals surface area contributed by atoms with Crippen molar-refractivity contribution in [2.75, 3.05) is 4.72 Å². The number of halogens is 2. The van der Waals surface area contributed by atoms with Gasteiger partial charge in [0, 0.05) is 4.47 Å². The molecule has 0 aromatic heterocycles. The minimum absolute atomic E-state index is 0.0655. The van der Waals surface area contributed by atoms with Crippen LogP contribution in [0.5, 0.6) is 0 Å². The van der Waals surface area contributed by atoms with Gasteiger partial charge in [-0.25, -0.2) is 12.8 Å². The lowest BCUT2D eigenvalue weighted by atomic mass is 10.1. The summed E-state index contributed by atoms with van der Waals surface area (Å²) in [6.07, 6.45) is 0. The molecule has 2 aromatic carbocycles. The van der Waals surface area contributed by atoms with Crippen molar-refractivity contribution in [1.29, 1.82) is 0 Å². The van der Waals surface area contributed by atoms with Gasteiger partial charge in [0.1, 0.15) is 5.82 Å². The van der Waals surface area contributed by atoms with Crippen LogP contribution in [0.15, 0.2) is 39.7 Å². The Balaban J connectivity index is 2.47. The van der Waals surface area contributed by atoms with Gasteiger partial charge in [0.05, 0.1) is 10.6 Å². The van der Waals surface area contributed by atoms with Crippen molar-refractivity contribution in [3.63, 3.8) is 0 Å². The molecule has 0 amide bonds. The van der Waals surface area contributed by atoms with E-state index >= 15 is 0 Å². The minimum Gasteiger partial charge on any atom is -0.278 e. The molecule has 0 spiro atoms. The molecule has 0 atom stereocenters. The first-order valence-electron chi connectivity index (χ1n) is 6.26. The average Bonchev–Trinajstić information content (AvgIpc) is 2.33. The maximum atomic E-state index is 13.1. The highest BCUT2D eigenvalue weighted by Crippen LogP contribution is 2.30. The summed E-state index contributed by atoms with van der Waals surface area (Å²) in [6.45, 7) is 5.32. The lowest BCUT2D eigenvalue weighted by molar-refractivity contribution is 0.598. The molecule has 0 saturated carbocycles. The monoisotopic (exact) mass is 371 g/mol. The first-order chi connectivity index (χ1) is 9.70. The summed E-state index contributed by atoms with van der Waals surface area (Å²) in [5.41, 5.74) is 2.69. The molecule has 2 aromatic rings. The van der Waals surface area contributed by atoms with E-state index in [2.05, 4.69) is 20.7 Å². The smallest absolute Gasteiger partial charge is 0.262 e. The highest BCUT2D eigenvalue weighted by Gasteiger charge is 2.19. The second-order valence-corrected chi connectivity index (χ2v) is 7.46. The van der Waals surface area contributed by atoms with E-state index in [0.29, 0.717) is 15.7 Å². The van der Waals surface area contributed by atoms with Crippen molar-refractivity contribution in [2.45, 2.75) is 25.7 Å². The minimum atomic E-state index is -3.77. The molecule has 3 nitrogen and oxygen atoms in total. The summed E-state index contributed by atoms with van der Waals surface area (Å²) in [5.74, 6) is -0.459. The van der Waals surface area contributed by atoms with Crippen LogP contribution in [0.1, 0.15) is 16.7 Å². The van der Waals surface area contributed by atoms with E-state index in [1.54, 1.807) is 6.92 Å². The van der Waals surface area contributed by atoms with Gasteiger partial charge in [-0.05, 0) is 77.7 Å². The van der Waals surface area contributed by atoms with E-state index in [-0.39, 0.29) is 4.90 Å². The quantitative estimate of drug-likeness (QED) is 0.873. The van der Waals surface area contributed by atoms with Crippen LogP contribution < -0.4 is 4.72 Å². The van der Waals surface area contributed by atoms with Gasteiger partial charge < -0.3 is 0 Å². The summed E-state index contributed by atoms with van der Waals surface area (Å²) in [7, 11) is -3.77. The Labute approximate surface area is 132 Å². The number of hydrogen-bond donors (Lipinski definition) is 1. The molecule has 2 rings (SSSR count). The second kappa shape index (κ2) is 5.77. The summed E-state index contributed by atoms with van der Waals surface area (Å²) in [5, 5.41) is 0. The van der Waals surface area contributed by atoms with Crippen LogP contribution in [-0.4, -0.2) is 8.42 Å². The Bertz CT molecular complexity index is 780. The molecule has 0 aliphatic heterocycles. The molecule has 0 aliphatic rings. The molecule has 0 unspecified atom stereocenters. The third-order valence-corrected chi connectivity index (χ3v) is 5.23. The summed E-state index contributed by atoms with van der Waals surface area (Å²) in [6, 6.07) is 7.33. The molecule has 21 heavy (non-hydrogen) atoms. The number of nitrogens with one attached hydrogen (secondary N) is 1. The topological polar surface area (TPSA) is 46.2 Å². The van der Waals surface area contributed by atoms with Gasteiger partial charge >= 0.3 is 0 Å². The number of hydrogen-bond acceptors (Lipinski definition) is 2. The largest absolute Gasteiger partial charge is 0.278 e. The first-order valence-corrected chi connectivity index (χ1v) is 8.54. The fraction of sp³-hybridized carbons (Fsp3) is 0.200. The molecule has 0 fully saturated rings.